The quantitative estimate of drug-likeness (QED) is 0.437. The number of hydrogen-bond donors (Lipinski definition) is 1. The molecule has 5 rings (SSSR count). The summed E-state index contributed by atoms with van der Waals surface area (Å²) in [7, 11) is 0. The third-order valence-corrected chi connectivity index (χ3v) is 5.24. The van der Waals surface area contributed by atoms with E-state index in [0.717, 1.165) is 10.2 Å². The summed E-state index contributed by atoms with van der Waals surface area (Å²) >= 11 is 0. The number of nitrogens with one attached hydrogen (secondary N) is 1. The van der Waals surface area contributed by atoms with E-state index in [2.05, 4.69) is 15.4 Å². The van der Waals surface area contributed by atoms with Gasteiger partial charge in [-0.05, 0) is 48.9 Å². The van der Waals surface area contributed by atoms with Gasteiger partial charge in [0.15, 0.2) is 0 Å². The number of carbonyl (C=O) groups is 1. The van der Waals surface area contributed by atoms with Gasteiger partial charge in [-0.3, -0.25) is 4.79 Å². The minimum atomic E-state index is -0.496. The number of ether oxygens (including phenoxy) is 1. The molecule has 0 spiro atoms. The third kappa shape index (κ3) is 3.84. The molecule has 1 N–H and O–H groups in total. The van der Waals surface area contributed by atoms with Crippen molar-refractivity contribution >= 4 is 28.3 Å². The molecule has 0 unspecified atom stereocenters. The first-order chi connectivity index (χ1) is 16.5. The van der Waals surface area contributed by atoms with Crippen LogP contribution in [0.1, 0.15) is 11.1 Å². The molecule has 0 atom stereocenters. The van der Waals surface area contributed by atoms with Crippen molar-refractivity contribution in [2.75, 3.05) is 5.32 Å². The summed E-state index contributed by atoms with van der Waals surface area (Å²) in [5.41, 5.74) is 2.58. The van der Waals surface area contributed by atoms with Gasteiger partial charge >= 0.3 is 5.69 Å². The van der Waals surface area contributed by atoms with Gasteiger partial charge in [-0.1, -0.05) is 36.4 Å². The fraction of sp³-hybridized carbons (Fsp3) is 0.0800. The molecule has 0 saturated carbocycles. The zero-order valence-electron chi connectivity index (χ0n) is 18.1. The molecule has 166 valence electrons. The van der Waals surface area contributed by atoms with Crippen LogP contribution in [0.15, 0.2) is 77.6 Å². The number of carbonyl (C=O) groups excluding carboxylic acids is 1. The Morgan fingerprint density at radius 1 is 1.09 bits per heavy atom. The molecule has 9 heteroatoms. The Morgan fingerprint density at radius 3 is 2.71 bits per heavy atom. The minimum Gasteiger partial charge on any atom is -0.436 e. The van der Waals surface area contributed by atoms with E-state index in [1.807, 2.05) is 37.3 Å². The highest BCUT2D eigenvalue weighted by Gasteiger charge is 2.19. The van der Waals surface area contributed by atoms with E-state index in [9.17, 15) is 9.59 Å². The van der Waals surface area contributed by atoms with Crippen LogP contribution >= 0.6 is 0 Å². The third-order valence-electron chi connectivity index (χ3n) is 5.24. The van der Waals surface area contributed by atoms with Crippen molar-refractivity contribution in [1.82, 2.24) is 19.2 Å². The number of nitrogens with zero attached hydrogens (tertiary/aromatic N) is 5. The molecule has 0 radical (unpaired) electrons. The number of amides is 1. The second-order valence-corrected chi connectivity index (χ2v) is 7.61. The number of nitriles is 1. The molecular weight excluding hydrogens is 432 g/mol. The molecule has 3 aromatic carbocycles. The van der Waals surface area contributed by atoms with Crippen LogP contribution in [0, 0.1) is 18.3 Å². The normalized spacial score (nSPS) is 10.8. The first kappa shape index (κ1) is 20.9. The van der Waals surface area contributed by atoms with Gasteiger partial charge in [0, 0.05) is 5.69 Å². The van der Waals surface area contributed by atoms with Crippen molar-refractivity contribution in [2.45, 2.75) is 13.5 Å². The highest BCUT2D eigenvalue weighted by atomic mass is 16.5. The molecule has 34 heavy (non-hydrogen) atoms. The zero-order valence-corrected chi connectivity index (χ0v) is 18.1. The Hall–Kier alpha value is -4.97. The van der Waals surface area contributed by atoms with Crippen LogP contribution in [0.5, 0.6) is 11.6 Å². The average Bonchev–Trinajstić information content (AvgIpc) is 3.17. The van der Waals surface area contributed by atoms with Crippen molar-refractivity contribution < 1.29 is 9.53 Å². The van der Waals surface area contributed by atoms with E-state index in [0.29, 0.717) is 28.0 Å². The van der Waals surface area contributed by atoms with Gasteiger partial charge in [0.1, 0.15) is 12.3 Å². The second kappa shape index (κ2) is 8.52. The van der Waals surface area contributed by atoms with Crippen LogP contribution in [0.3, 0.4) is 0 Å². The zero-order chi connectivity index (χ0) is 23.7. The highest BCUT2D eigenvalue weighted by molar-refractivity contribution is 5.90. The van der Waals surface area contributed by atoms with Crippen molar-refractivity contribution in [2.24, 2.45) is 0 Å². The lowest BCUT2D eigenvalue weighted by atomic mass is 10.2. The second-order valence-electron chi connectivity index (χ2n) is 7.61. The number of para-hydroxylation sites is 3. The van der Waals surface area contributed by atoms with Gasteiger partial charge < -0.3 is 10.1 Å². The van der Waals surface area contributed by atoms with E-state index in [-0.39, 0.29) is 18.1 Å². The molecule has 0 bridgehead atoms. The van der Waals surface area contributed by atoms with Gasteiger partial charge in [-0.15, -0.1) is 5.10 Å². The maximum atomic E-state index is 13.3. The largest absolute Gasteiger partial charge is 0.436 e. The van der Waals surface area contributed by atoms with Gasteiger partial charge in [0.05, 0.1) is 22.7 Å². The van der Waals surface area contributed by atoms with Crippen molar-refractivity contribution in [1.29, 1.82) is 5.26 Å². The Bertz CT molecular complexity index is 1660. The molecule has 0 aliphatic rings. The van der Waals surface area contributed by atoms with Crippen molar-refractivity contribution in [3.8, 4) is 17.7 Å². The lowest BCUT2D eigenvalue weighted by Gasteiger charge is -2.09. The molecule has 5 aromatic rings. The fourth-order valence-electron chi connectivity index (χ4n) is 3.62. The molecule has 9 nitrogen and oxygen atoms in total. The Balaban J connectivity index is 1.56. The van der Waals surface area contributed by atoms with Gasteiger partial charge in [-0.25, -0.2) is 18.9 Å². The molecule has 0 aliphatic carbocycles. The Labute approximate surface area is 193 Å². The van der Waals surface area contributed by atoms with E-state index >= 15 is 0 Å². The molecule has 1 amide bonds. The van der Waals surface area contributed by atoms with E-state index < -0.39 is 11.6 Å². The van der Waals surface area contributed by atoms with E-state index in [1.54, 1.807) is 48.5 Å². The SMILES string of the molecule is Cc1ccccc1Oc1nc2ccccc2n2c(=O)n(CC(=O)Nc3cccc(C#N)c3)nc12. The lowest BCUT2D eigenvalue weighted by Crippen LogP contribution is -2.28. The monoisotopic (exact) mass is 450 g/mol. The summed E-state index contributed by atoms with van der Waals surface area (Å²) in [6, 6.07) is 23.1. The van der Waals surface area contributed by atoms with Crippen LogP contribution < -0.4 is 15.7 Å². The fourth-order valence-corrected chi connectivity index (χ4v) is 3.62. The Kier molecular flexibility index (Phi) is 5.24. The number of aryl methyl sites for hydroxylation is 1. The highest BCUT2D eigenvalue weighted by Crippen LogP contribution is 2.28. The van der Waals surface area contributed by atoms with Crippen LogP contribution in [0.25, 0.3) is 16.7 Å². The summed E-state index contributed by atoms with van der Waals surface area (Å²) in [5.74, 6) is 0.287. The molecule has 0 fully saturated rings. The molecule has 2 heterocycles. The lowest BCUT2D eigenvalue weighted by molar-refractivity contribution is -0.117. The predicted molar refractivity (Wildman–Crippen MR) is 126 cm³/mol. The number of anilines is 1. The number of aromatic nitrogens is 4. The number of rotatable bonds is 5. The molecule has 0 aliphatic heterocycles. The summed E-state index contributed by atoms with van der Waals surface area (Å²) in [4.78, 5) is 30.5. The van der Waals surface area contributed by atoms with Crippen molar-refractivity contribution in [3.63, 3.8) is 0 Å². The maximum absolute atomic E-state index is 13.3. The summed E-state index contributed by atoms with van der Waals surface area (Å²) in [6.07, 6.45) is 0. The maximum Gasteiger partial charge on any atom is 0.351 e. The van der Waals surface area contributed by atoms with Crippen LogP contribution in [-0.2, 0) is 11.3 Å². The van der Waals surface area contributed by atoms with E-state index in [4.69, 9.17) is 10.00 Å². The summed E-state index contributed by atoms with van der Waals surface area (Å²) in [6.45, 7) is 1.58. The number of hydrogen-bond acceptors (Lipinski definition) is 6. The number of benzene rings is 3. The van der Waals surface area contributed by atoms with Gasteiger partial charge in [-0.2, -0.15) is 5.26 Å². The van der Waals surface area contributed by atoms with Gasteiger partial charge in [0.25, 0.3) is 5.88 Å². The molecule has 2 aromatic heterocycles. The average molecular weight is 450 g/mol. The number of fused-ring (bicyclic) bond motifs is 3. The molecular formula is C25H18N6O3. The summed E-state index contributed by atoms with van der Waals surface area (Å²) < 4.78 is 8.50. The predicted octanol–water partition coefficient (Wildman–Crippen LogP) is 3.66. The van der Waals surface area contributed by atoms with Gasteiger partial charge in [0.2, 0.25) is 11.6 Å². The summed E-state index contributed by atoms with van der Waals surface area (Å²) in [5, 5.41) is 16.1. The van der Waals surface area contributed by atoms with Crippen LogP contribution in [0.4, 0.5) is 5.69 Å². The first-order valence-corrected chi connectivity index (χ1v) is 10.5. The standard InChI is InChI=1S/C25H18N6O3/c1-16-7-2-5-12-21(16)34-24-23-29-30(15-22(32)27-18-9-6-8-17(13-18)14-26)25(33)31(23)20-11-4-3-10-19(20)28-24/h2-13H,15H2,1H3,(H,27,32). The minimum absolute atomic E-state index is 0.158. The Morgan fingerprint density at radius 2 is 1.88 bits per heavy atom. The van der Waals surface area contributed by atoms with Crippen molar-refractivity contribution in [3.05, 3.63) is 94.4 Å². The van der Waals surface area contributed by atoms with E-state index in [1.165, 1.54) is 4.40 Å². The molecule has 0 saturated heterocycles. The first-order valence-electron chi connectivity index (χ1n) is 10.5. The van der Waals surface area contributed by atoms with Crippen LogP contribution in [0.2, 0.25) is 0 Å². The van der Waals surface area contributed by atoms with Crippen LogP contribution in [-0.4, -0.2) is 25.1 Å². The topological polar surface area (TPSA) is 114 Å². The smallest absolute Gasteiger partial charge is 0.351 e.